The highest BCUT2D eigenvalue weighted by atomic mass is 19.4. The predicted molar refractivity (Wildman–Crippen MR) is 182 cm³/mol. The molecule has 2 aromatic heterocycles. The van der Waals surface area contributed by atoms with Crippen molar-refractivity contribution in [1.82, 2.24) is 25.3 Å². The van der Waals surface area contributed by atoms with E-state index in [0.717, 1.165) is 31.5 Å². The van der Waals surface area contributed by atoms with Crippen LogP contribution in [0.5, 0.6) is 0 Å². The van der Waals surface area contributed by atoms with E-state index in [2.05, 4.69) is 75.4 Å². The first-order valence-electron chi connectivity index (χ1n) is 16.7. The van der Waals surface area contributed by atoms with Gasteiger partial charge in [0.25, 0.3) is 0 Å². The van der Waals surface area contributed by atoms with Crippen LogP contribution in [-0.2, 0) is 28.5 Å². The zero-order chi connectivity index (χ0) is 35.9. The lowest BCUT2D eigenvalue weighted by atomic mass is 9.62. The lowest BCUT2D eigenvalue weighted by molar-refractivity contribution is -0.173. The smallest absolute Gasteiger partial charge is 0.341 e. The van der Waals surface area contributed by atoms with E-state index in [4.69, 9.17) is 5.73 Å². The molecular formula is C38H41F3N6O3. The molecule has 0 saturated heterocycles. The molecule has 2 aliphatic carbocycles. The van der Waals surface area contributed by atoms with Gasteiger partial charge in [0, 0.05) is 48.5 Å². The third kappa shape index (κ3) is 8.65. The van der Waals surface area contributed by atoms with Crippen molar-refractivity contribution in [2.45, 2.75) is 82.2 Å². The number of benzene rings is 2. The van der Waals surface area contributed by atoms with Crippen molar-refractivity contribution >= 4 is 17.5 Å². The van der Waals surface area contributed by atoms with Gasteiger partial charge in [-0.25, -0.2) is 19.9 Å². The van der Waals surface area contributed by atoms with Crippen molar-refractivity contribution in [3.05, 3.63) is 118 Å². The summed E-state index contributed by atoms with van der Waals surface area (Å²) in [5.41, 5.74) is 11.1. The van der Waals surface area contributed by atoms with Gasteiger partial charge in [-0.05, 0) is 50.7 Å². The highest BCUT2D eigenvalue weighted by Crippen LogP contribution is 2.46. The van der Waals surface area contributed by atoms with E-state index in [9.17, 15) is 27.6 Å². The fraction of sp³-hybridized carbons (Fsp3) is 0.395. The van der Waals surface area contributed by atoms with Gasteiger partial charge >= 0.3 is 12.1 Å². The summed E-state index contributed by atoms with van der Waals surface area (Å²) >= 11 is 0. The van der Waals surface area contributed by atoms with Gasteiger partial charge in [-0.15, -0.1) is 0 Å². The van der Waals surface area contributed by atoms with Crippen LogP contribution in [0.3, 0.4) is 0 Å². The normalized spacial score (nSPS) is 15.8. The molecule has 0 unspecified atom stereocenters. The molecule has 6 rings (SSSR count). The molecule has 0 spiro atoms. The van der Waals surface area contributed by atoms with E-state index in [1.807, 2.05) is 6.92 Å². The molecule has 0 atom stereocenters. The first-order chi connectivity index (χ1) is 23.8. The second kappa shape index (κ2) is 15.4. The third-order valence-electron chi connectivity index (χ3n) is 9.85. The number of halogens is 3. The van der Waals surface area contributed by atoms with Crippen LogP contribution in [0.1, 0.15) is 93.1 Å². The number of nitrogens with one attached hydrogen (secondary N) is 1. The molecule has 0 bridgehead atoms. The Labute approximate surface area is 289 Å². The molecule has 50 heavy (non-hydrogen) atoms. The molecule has 2 aliphatic rings. The number of hydrogen-bond donors (Lipinski definition) is 2. The summed E-state index contributed by atoms with van der Waals surface area (Å²) < 4.78 is 36.5. The standard InChI is InChI=1S/C20H20F3N3O2.C18H21N3O/c1-13-3-5-15(6-4-13)19(7-2-8-19)9-17-24-10-14(11-25-17)16(27)12-26-18(28)20(21,22)23;1-13-3-5-15(6-4-13)18(7-2-8-18)9-17-20-11-14(12-21-17)16(22)10-19/h3-6,10-11H,2,7-9,12H2,1H3,(H,26,28);3-6,11-12H,2,7-10,19H2,1H3. The highest BCUT2D eigenvalue weighted by molar-refractivity contribution is 5.99. The summed E-state index contributed by atoms with van der Waals surface area (Å²) in [5.74, 6) is -1.57. The number of aromatic nitrogens is 4. The Morgan fingerprint density at radius 2 is 1.06 bits per heavy atom. The molecule has 9 nitrogen and oxygen atoms in total. The molecule has 2 heterocycles. The zero-order valence-electron chi connectivity index (χ0n) is 28.2. The van der Waals surface area contributed by atoms with Gasteiger partial charge in [0.2, 0.25) is 0 Å². The molecule has 4 aromatic rings. The van der Waals surface area contributed by atoms with Gasteiger partial charge in [0.15, 0.2) is 11.6 Å². The van der Waals surface area contributed by atoms with Crippen molar-refractivity contribution < 1.29 is 27.6 Å². The molecule has 3 N–H and O–H groups in total. The SMILES string of the molecule is Cc1ccc(C2(Cc3ncc(C(=O)CN)cn3)CCC2)cc1.Cc1ccc(C2(Cc3ncc(C(=O)CNC(=O)C(F)(F)F)cn3)CCC2)cc1. The first kappa shape index (κ1) is 36.4. The van der Waals surface area contributed by atoms with Crippen LogP contribution >= 0.6 is 0 Å². The number of nitrogens with zero attached hydrogens (tertiary/aromatic N) is 4. The Balaban J connectivity index is 0.000000200. The minimum absolute atomic E-state index is 0.00396. The second-order valence-corrected chi connectivity index (χ2v) is 13.4. The molecule has 2 aromatic carbocycles. The Bertz CT molecular complexity index is 1780. The summed E-state index contributed by atoms with van der Waals surface area (Å²) in [4.78, 5) is 51.4. The third-order valence-corrected chi connectivity index (χ3v) is 9.85. The number of ketones is 2. The van der Waals surface area contributed by atoms with Gasteiger partial charge in [-0.2, -0.15) is 13.2 Å². The molecule has 0 radical (unpaired) electrons. The summed E-state index contributed by atoms with van der Waals surface area (Å²) in [5, 5.41) is 1.55. The quantitative estimate of drug-likeness (QED) is 0.186. The van der Waals surface area contributed by atoms with Crippen LogP contribution in [-0.4, -0.2) is 56.7 Å². The fourth-order valence-electron chi connectivity index (χ4n) is 6.42. The molecule has 12 heteroatoms. The predicted octanol–water partition coefficient (Wildman–Crippen LogP) is 5.90. The average Bonchev–Trinajstić information content (AvgIpc) is 3.08. The molecule has 2 fully saturated rings. The minimum Gasteiger partial charge on any atom is -0.341 e. The maximum atomic E-state index is 12.2. The number of amides is 1. The van der Waals surface area contributed by atoms with Crippen molar-refractivity contribution in [2.24, 2.45) is 5.73 Å². The largest absolute Gasteiger partial charge is 0.471 e. The maximum Gasteiger partial charge on any atom is 0.471 e. The number of Topliss-reactive ketones (excluding diaryl/α,β-unsaturated/α-hetero) is 2. The van der Waals surface area contributed by atoms with Gasteiger partial charge in [-0.3, -0.25) is 14.4 Å². The Morgan fingerprint density at radius 3 is 1.38 bits per heavy atom. The summed E-state index contributed by atoms with van der Waals surface area (Å²) in [6.07, 6.45) is 9.01. The zero-order valence-corrected chi connectivity index (χ0v) is 28.2. The van der Waals surface area contributed by atoms with Gasteiger partial charge in [-0.1, -0.05) is 72.5 Å². The minimum atomic E-state index is -5.02. The van der Waals surface area contributed by atoms with Crippen molar-refractivity contribution in [3.63, 3.8) is 0 Å². The summed E-state index contributed by atoms with van der Waals surface area (Å²) in [6.45, 7) is 3.38. The number of alkyl halides is 3. The van der Waals surface area contributed by atoms with Crippen molar-refractivity contribution in [2.75, 3.05) is 13.1 Å². The Morgan fingerprint density at radius 1 is 0.680 bits per heavy atom. The lowest BCUT2D eigenvalue weighted by Gasteiger charge is -2.42. The monoisotopic (exact) mass is 686 g/mol. The molecule has 262 valence electrons. The number of nitrogens with two attached hydrogens (primary N) is 1. The molecule has 2 saturated carbocycles. The molecule has 1 amide bonds. The lowest BCUT2D eigenvalue weighted by Crippen LogP contribution is -2.39. The van der Waals surface area contributed by atoms with E-state index >= 15 is 0 Å². The fourth-order valence-corrected chi connectivity index (χ4v) is 6.42. The molecular weight excluding hydrogens is 645 g/mol. The first-order valence-corrected chi connectivity index (χ1v) is 16.7. The van der Waals surface area contributed by atoms with Crippen LogP contribution in [0.25, 0.3) is 0 Å². The van der Waals surface area contributed by atoms with Crippen LogP contribution < -0.4 is 11.1 Å². The number of carbonyl (C=O) groups is 3. The average molecular weight is 687 g/mol. The number of aryl methyl sites for hydroxylation is 2. The highest BCUT2D eigenvalue weighted by Gasteiger charge is 2.41. The van der Waals surface area contributed by atoms with Crippen LogP contribution in [0.2, 0.25) is 0 Å². The Kier molecular flexibility index (Phi) is 11.2. The van der Waals surface area contributed by atoms with Gasteiger partial charge in [0.1, 0.15) is 11.6 Å². The van der Waals surface area contributed by atoms with E-state index in [-0.39, 0.29) is 28.7 Å². The van der Waals surface area contributed by atoms with E-state index in [1.54, 1.807) is 17.7 Å². The number of rotatable bonds is 11. The van der Waals surface area contributed by atoms with E-state index in [1.165, 1.54) is 53.9 Å². The number of hydrogen-bond acceptors (Lipinski definition) is 8. The van der Waals surface area contributed by atoms with Crippen molar-refractivity contribution in [1.29, 1.82) is 0 Å². The maximum absolute atomic E-state index is 12.2. The van der Waals surface area contributed by atoms with Crippen LogP contribution in [0, 0.1) is 13.8 Å². The van der Waals surface area contributed by atoms with E-state index < -0.39 is 24.4 Å². The number of carbonyl (C=O) groups excluding carboxylic acids is 3. The summed E-state index contributed by atoms with van der Waals surface area (Å²) in [7, 11) is 0. The van der Waals surface area contributed by atoms with Crippen molar-refractivity contribution in [3.8, 4) is 0 Å². The second-order valence-electron chi connectivity index (χ2n) is 13.4. The van der Waals surface area contributed by atoms with Gasteiger partial charge < -0.3 is 11.1 Å². The molecule has 0 aliphatic heterocycles. The van der Waals surface area contributed by atoms with Crippen LogP contribution in [0.15, 0.2) is 73.3 Å². The Hall–Kier alpha value is -4.84. The van der Waals surface area contributed by atoms with Gasteiger partial charge in [0.05, 0.1) is 24.2 Å². The summed E-state index contributed by atoms with van der Waals surface area (Å²) in [6, 6.07) is 17.2. The van der Waals surface area contributed by atoms with E-state index in [0.29, 0.717) is 17.8 Å². The van der Waals surface area contributed by atoms with Crippen LogP contribution in [0.4, 0.5) is 13.2 Å². The topological polar surface area (TPSA) is 141 Å².